The summed E-state index contributed by atoms with van der Waals surface area (Å²) in [5.74, 6) is 2.22. The van der Waals surface area contributed by atoms with Crippen LogP contribution in [-0.2, 0) is 16.1 Å². The molecule has 0 bridgehead atoms. The summed E-state index contributed by atoms with van der Waals surface area (Å²) in [5.41, 5.74) is 1.03. The molecule has 0 N–H and O–H groups in total. The predicted octanol–water partition coefficient (Wildman–Crippen LogP) is 1.37. The molecule has 29 heavy (non-hydrogen) atoms. The van der Waals surface area contributed by atoms with E-state index >= 15 is 0 Å². The number of likely N-dealkylation sites (tertiary alicyclic amines) is 1. The number of piperazine rings is 1. The number of nitrogens with zero attached hydrogens (tertiary/aromatic N) is 3. The van der Waals surface area contributed by atoms with Crippen LogP contribution in [0.15, 0.2) is 12.1 Å². The van der Waals surface area contributed by atoms with Crippen molar-refractivity contribution in [2.24, 2.45) is 0 Å². The lowest BCUT2D eigenvalue weighted by molar-refractivity contribution is -0.134. The second-order valence-electron chi connectivity index (χ2n) is 7.38. The summed E-state index contributed by atoms with van der Waals surface area (Å²) in [6.45, 7) is 5.03. The number of benzene rings is 1. The van der Waals surface area contributed by atoms with Gasteiger partial charge in [-0.15, -0.1) is 0 Å². The van der Waals surface area contributed by atoms with Gasteiger partial charge < -0.3 is 24.0 Å². The third-order valence-corrected chi connectivity index (χ3v) is 5.67. The van der Waals surface area contributed by atoms with Gasteiger partial charge in [-0.3, -0.25) is 14.5 Å². The standard InChI is InChI=1S/C21H31N3O5/c1-27-17-7-6-16(20(28-2)21(17)29-3)15-22-11-13-24(14-12-22)19(26)8-10-23-9-4-5-18(23)25/h6-7H,4-5,8-15H2,1-3H3. The van der Waals surface area contributed by atoms with Crippen LogP contribution in [0, 0.1) is 0 Å². The Morgan fingerprint density at radius 3 is 2.28 bits per heavy atom. The van der Waals surface area contributed by atoms with Gasteiger partial charge in [0.25, 0.3) is 0 Å². The number of ether oxygens (including phenoxy) is 3. The first-order valence-corrected chi connectivity index (χ1v) is 10.1. The molecule has 0 saturated carbocycles. The van der Waals surface area contributed by atoms with E-state index in [1.807, 2.05) is 17.0 Å². The van der Waals surface area contributed by atoms with Crippen LogP contribution in [0.1, 0.15) is 24.8 Å². The van der Waals surface area contributed by atoms with Gasteiger partial charge in [0.2, 0.25) is 17.6 Å². The van der Waals surface area contributed by atoms with Gasteiger partial charge in [0.15, 0.2) is 11.5 Å². The maximum atomic E-state index is 12.5. The Hall–Kier alpha value is -2.48. The molecular weight excluding hydrogens is 374 g/mol. The molecule has 0 atom stereocenters. The van der Waals surface area contributed by atoms with E-state index in [0.717, 1.165) is 31.6 Å². The van der Waals surface area contributed by atoms with E-state index in [0.29, 0.717) is 56.3 Å². The molecule has 8 heteroatoms. The summed E-state index contributed by atoms with van der Waals surface area (Å²) in [5, 5.41) is 0. The number of rotatable bonds is 8. The Balaban J connectivity index is 1.52. The van der Waals surface area contributed by atoms with Crippen molar-refractivity contribution < 1.29 is 23.8 Å². The topological polar surface area (TPSA) is 71.6 Å². The van der Waals surface area contributed by atoms with Gasteiger partial charge in [0.1, 0.15) is 0 Å². The summed E-state index contributed by atoms with van der Waals surface area (Å²) in [6.07, 6.45) is 1.94. The van der Waals surface area contributed by atoms with Crippen LogP contribution in [0.25, 0.3) is 0 Å². The normalized spacial score (nSPS) is 17.6. The molecule has 0 aromatic heterocycles. The fourth-order valence-electron chi connectivity index (χ4n) is 4.01. The highest BCUT2D eigenvalue weighted by Gasteiger charge is 2.25. The van der Waals surface area contributed by atoms with Crippen LogP contribution in [-0.4, -0.2) is 87.1 Å². The zero-order chi connectivity index (χ0) is 20.8. The third-order valence-electron chi connectivity index (χ3n) is 5.67. The molecule has 1 aromatic carbocycles. The molecule has 2 amide bonds. The van der Waals surface area contributed by atoms with Gasteiger partial charge >= 0.3 is 0 Å². The van der Waals surface area contributed by atoms with Crippen LogP contribution >= 0.6 is 0 Å². The molecule has 3 rings (SSSR count). The molecule has 2 aliphatic heterocycles. The Kier molecular flexibility index (Phi) is 7.19. The lowest BCUT2D eigenvalue weighted by Crippen LogP contribution is -2.48. The quantitative estimate of drug-likeness (QED) is 0.651. The zero-order valence-electron chi connectivity index (χ0n) is 17.6. The molecule has 2 heterocycles. The van der Waals surface area contributed by atoms with Gasteiger partial charge in [0.05, 0.1) is 21.3 Å². The van der Waals surface area contributed by atoms with Crippen LogP contribution in [0.5, 0.6) is 17.2 Å². The first-order chi connectivity index (χ1) is 14.1. The fourth-order valence-corrected chi connectivity index (χ4v) is 4.01. The van der Waals surface area contributed by atoms with Gasteiger partial charge in [-0.2, -0.15) is 0 Å². The minimum absolute atomic E-state index is 0.132. The zero-order valence-corrected chi connectivity index (χ0v) is 17.6. The molecule has 0 spiro atoms. The number of carbonyl (C=O) groups is 2. The molecule has 2 aliphatic rings. The monoisotopic (exact) mass is 405 g/mol. The number of amides is 2. The minimum atomic E-state index is 0.132. The molecule has 160 valence electrons. The van der Waals surface area contributed by atoms with Crippen molar-refractivity contribution in [2.45, 2.75) is 25.8 Å². The van der Waals surface area contributed by atoms with Crippen molar-refractivity contribution in [1.29, 1.82) is 0 Å². The van der Waals surface area contributed by atoms with Crippen LogP contribution in [0.3, 0.4) is 0 Å². The number of hydrogen-bond acceptors (Lipinski definition) is 6. The minimum Gasteiger partial charge on any atom is -0.493 e. The van der Waals surface area contributed by atoms with E-state index < -0.39 is 0 Å². The second-order valence-corrected chi connectivity index (χ2v) is 7.38. The Morgan fingerprint density at radius 2 is 1.69 bits per heavy atom. The summed E-state index contributed by atoms with van der Waals surface area (Å²) in [6, 6.07) is 3.88. The molecule has 2 saturated heterocycles. The summed E-state index contributed by atoms with van der Waals surface area (Å²) in [7, 11) is 4.83. The summed E-state index contributed by atoms with van der Waals surface area (Å²) < 4.78 is 16.4. The lowest BCUT2D eigenvalue weighted by Gasteiger charge is -2.35. The highest BCUT2D eigenvalue weighted by Crippen LogP contribution is 2.40. The molecule has 0 unspecified atom stereocenters. The van der Waals surface area contributed by atoms with E-state index in [-0.39, 0.29) is 11.8 Å². The Labute approximate surface area is 172 Å². The maximum absolute atomic E-state index is 12.5. The number of methoxy groups -OCH3 is 3. The van der Waals surface area contributed by atoms with Crippen molar-refractivity contribution in [3.05, 3.63) is 17.7 Å². The average Bonchev–Trinajstić information content (AvgIpc) is 3.16. The molecule has 0 aliphatic carbocycles. The predicted molar refractivity (Wildman–Crippen MR) is 108 cm³/mol. The summed E-state index contributed by atoms with van der Waals surface area (Å²) in [4.78, 5) is 30.2. The van der Waals surface area contributed by atoms with Crippen molar-refractivity contribution in [2.75, 3.05) is 60.6 Å². The first-order valence-electron chi connectivity index (χ1n) is 10.1. The largest absolute Gasteiger partial charge is 0.493 e. The Morgan fingerprint density at radius 1 is 0.966 bits per heavy atom. The van der Waals surface area contributed by atoms with Crippen LogP contribution in [0.2, 0.25) is 0 Å². The van der Waals surface area contributed by atoms with Gasteiger partial charge in [-0.1, -0.05) is 6.07 Å². The molecule has 8 nitrogen and oxygen atoms in total. The second kappa shape index (κ2) is 9.82. The van der Waals surface area contributed by atoms with Crippen LogP contribution in [0.4, 0.5) is 0 Å². The lowest BCUT2D eigenvalue weighted by atomic mass is 10.1. The molecule has 0 radical (unpaired) electrons. The highest BCUT2D eigenvalue weighted by molar-refractivity contribution is 5.80. The van der Waals surface area contributed by atoms with Gasteiger partial charge in [-0.25, -0.2) is 0 Å². The molecular formula is C21H31N3O5. The van der Waals surface area contributed by atoms with Gasteiger partial charge in [0, 0.05) is 64.2 Å². The fraction of sp³-hybridized carbons (Fsp3) is 0.619. The Bertz CT molecular complexity index is 731. The van der Waals surface area contributed by atoms with E-state index in [1.54, 1.807) is 26.2 Å². The van der Waals surface area contributed by atoms with E-state index in [2.05, 4.69) is 4.90 Å². The van der Waals surface area contributed by atoms with Crippen molar-refractivity contribution in [3.63, 3.8) is 0 Å². The average molecular weight is 405 g/mol. The van der Waals surface area contributed by atoms with Crippen molar-refractivity contribution in [3.8, 4) is 17.2 Å². The molecule has 2 fully saturated rings. The number of carbonyl (C=O) groups excluding carboxylic acids is 2. The van der Waals surface area contributed by atoms with E-state index in [1.165, 1.54) is 0 Å². The maximum Gasteiger partial charge on any atom is 0.224 e. The third kappa shape index (κ3) is 4.93. The van der Waals surface area contributed by atoms with Crippen molar-refractivity contribution >= 4 is 11.8 Å². The SMILES string of the molecule is COc1ccc(CN2CCN(C(=O)CCN3CCCC3=O)CC2)c(OC)c1OC. The highest BCUT2D eigenvalue weighted by atomic mass is 16.5. The van der Waals surface area contributed by atoms with Crippen LogP contribution < -0.4 is 14.2 Å². The van der Waals surface area contributed by atoms with E-state index in [4.69, 9.17) is 14.2 Å². The summed E-state index contributed by atoms with van der Waals surface area (Å²) >= 11 is 0. The van der Waals surface area contributed by atoms with E-state index in [9.17, 15) is 9.59 Å². The number of hydrogen-bond donors (Lipinski definition) is 0. The van der Waals surface area contributed by atoms with Gasteiger partial charge in [-0.05, 0) is 12.5 Å². The van der Waals surface area contributed by atoms with Crippen molar-refractivity contribution in [1.82, 2.24) is 14.7 Å². The smallest absolute Gasteiger partial charge is 0.224 e. The first kappa shape index (κ1) is 21.2. The molecule has 1 aromatic rings.